The Morgan fingerprint density at radius 2 is 1.45 bits per heavy atom. The monoisotopic (exact) mass is 180 g/mol. The Morgan fingerprint density at radius 3 is 1.82 bits per heavy atom. The highest BCUT2D eigenvalue weighted by atomic mass is 32.2. The Labute approximate surface area is 72.3 Å². The van der Waals surface area contributed by atoms with Crippen molar-refractivity contribution < 1.29 is 9.47 Å². The maximum absolute atomic E-state index is 4.84. The summed E-state index contributed by atoms with van der Waals surface area (Å²) in [6.07, 6.45) is 0. The maximum Gasteiger partial charge on any atom is 0.0596 e. The SMILES string of the molecule is COCCNSNCCOC. The van der Waals surface area contributed by atoms with Crippen molar-refractivity contribution in [2.75, 3.05) is 40.5 Å². The van der Waals surface area contributed by atoms with E-state index < -0.39 is 0 Å². The molecule has 0 aliphatic rings. The highest BCUT2D eigenvalue weighted by Crippen LogP contribution is 1.82. The van der Waals surface area contributed by atoms with Gasteiger partial charge in [-0.05, 0) is 0 Å². The first-order valence-corrected chi connectivity index (χ1v) is 4.33. The van der Waals surface area contributed by atoms with E-state index in [1.165, 1.54) is 12.1 Å². The van der Waals surface area contributed by atoms with Crippen LogP contribution in [0.25, 0.3) is 0 Å². The van der Waals surface area contributed by atoms with Crippen LogP contribution in [0, 0.1) is 0 Å². The fourth-order valence-electron chi connectivity index (χ4n) is 0.441. The van der Waals surface area contributed by atoms with E-state index in [4.69, 9.17) is 9.47 Å². The molecule has 0 aromatic rings. The van der Waals surface area contributed by atoms with Crippen molar-refractivity contribution in [2.24, 2.45) is 0 Å². The molecule has 0 bridgehead atoms. The Morgan fingerprint density at radius 1 is 1.00 bits per heavy atom. The molecule has 0 rings (SSSR count). The van der Waals surface area contributed by atoms with Crippen LogP contribution in [0.5, 0.6) is 0 Å². The molecule has 0 saturated heterocycles. The fraction of sp³-hybridized carbons (Fsp3) is 1.00. The molecule has 11 heavy (non-hydrogen) atoms. The van der Waals surface area contributed by atoms with Crippen molar-refractivity contribution in [3.8, 4) is 0 Å². The molecule has 0 radical (unpaired) electrons. The van der Waals surface area contributed by atoms with Gasteiger partial charge in [-0.3, -0.25) is 0 Å². The molecule has 0 fully saturated rings. The maximum atomic E-state index is 4.84. The third-order valence-electron chi connectivity index (χ3n) is 0.961. The molecule has 68 valence electrons. The van der Waals surface area contributed by atoms with Gasteiger partial charge in [0.2, 0.25) is 0 Å². The number of methoxy groups -OCH3 is 2. The summed E-state index contributed by atoms with van der Waals surface area (Å²) in [4.78, 5) is 0. The van der Waals surface area contributed by atoms with Gasteiger partial charge >= 0.3 is 0 Å². The summed E-state index contributed by atoms with van der Waals surface area (Å²) in [6, 6.07) is 0. The summed E-state index contributed by atoms with van der Waals surface area (Å²) >= 11 is 1.47. The summed E-state index contributed by atoms with van der Waals surface area (Å²) in [6.45, 7) is 3.17. The van der Waals surface area contributed by atoms with Gasteiger partial charge in [0, 0.05) is 39.4 Å². The molecule has 0 amide bonds. The predicted octanol–water partition coefficient (Wildman–Crippen LogP) is 0.0216. The highest BCUT2D eigenvalue weighted by Gasteiger charge is 1.86. The smallest absolute Gasteiger partial charge is 0.0596 e. The van der Waals surface area contributed by atoms with Gasteiger partial charge in [0.1, 0.15) is 0 Å². The van der Waals surface area contributed by atoms with Gasteiger partial charge in [-0.2, -0.15) is 0 Å². The summed E-state index contributed by atoms with van der Waals surface area (Å²) < 4.78 is 15.8. The summed E-state index contributed by atoms with van der Waals surface area (Å²) in [5, 5.41) is 0. The van der Waals surface area contributed by atoms with Crippen molar-refractivity contribution >= 4 is 12.1 Å². The van der Waals surface area contributed by atoms with Gasteiger partial charge in [0.15, 0.2) is 0 Å². The zero-order valence-corrected chi connectivity index (χ0v) is 7.87. The van der Waals surface area contributed by atoms with Crippen LogP contribution in [0.15, 0.2) is 0 Å². The third kappa shape index (κ3) is 10.2. The minimum atomic E-state index is 0.735. The molecule has 0 aliphatic heterocycles. The first-order valence-electron chi connectivity index (χ1n) is 3.51. The standard InChI is InChI=1S/C6H16N2O2S/c1-9-5-3-7-11-8-4-6-10-2/h7-8H,3-6H2,1-2H3. The molecule has 0 aromatic carbocycles. The predicted molar refractivity (Wildman–Crippen MR) is 47.3 cm³/mol. The van der Waals surface area contributed by atoms with E-state index in [9.17, 15) is 0 Å². The number of rotatable bonds is 8. The molecule has 0 saturated carbocycles. The first-order chi connectivity index (χ1) is 5.41. The second-order valence-electron chi connectivity index (χ2n) is 1.88. The van der Waals surface area contributed by atoms with Gasteiger partial charge in [0.25, 0.3) is 0 Å². The number of nitrogens with one attached hydrogen (secondary N) is 2. The quantitative estimate of drug-likeness (QED) is 0.407. The van der Waals surface area contributed by atoms with Gasteiger partial charge < -0.3 is 9.47 Å². The van der Waals surface area contributed by atoms with E-state index in [2.05, 4.69) is 9.44 Å². The van der Waals surface area contributed by atoms with Crippen LogP contribution < -0.4 is 9.44 Å². The van der Waals surface area contributed by atoms with E-state index in [0.717, 1.165) is 26.3 Å². The molecule has 0 aliphatic carbocycles. The number of hydrogen-bond donors (Lipinski definition) is 2. The minimum absolute atomic E-state index is 0.735. The minimum Gasteiger partial charge on any atom is -0.383 e. The first kappa shape index (κ1) is 11.2. The van der Waals surface area contributed by atoms with E-state index in [-0.39, 0.29) is 0 Å². The molecule has 5 heteroatoms. The summed E-state index contributed by atoms with van der Waals surface area (Å²) in [5.74, 6) is 0. The number of ether oxygens (including phenoxy) is 2. The van der Waals surface area contributed by atoms with Crippen LogP contribution in [-0.2, 0) is 9.47 Å². The number of hydrogen-bond acceptors (Lipinski definition) is 5. The second-order valence-corrected chi connectivity index (χ2v) is 2.66. The van der Waals surface area contributed by atoms with E-state index in [0.29, 0.717) is 0 Å². The molecular weight excluding hydrogens is 164 g/mol. The second kappa shape index (κ2) is 10.2. The average Bonchev–Trinajstić information content (AvgIpc) is 2.03. The Hall–Kier alpha value is 0.190. The molecule has 0 spiro atoms. The summed E-state index contributed by atoms with van der Waals surface area (Å²) in [7, 11) is 3.37. The fourth-order valence-corrected chi connectivity index (χ4v) is 0.913. The lowest BCUT2D eigenvalue weighted by molar-refractivity contribution is 0.203. The van der Waals surface area contributed by atoms with Crippen LogP contribution in [0.2, 0.25) is 0 Å². The van der Waals surface area contributed by atoms with Crippen molar-refractivity contribution in [2.45, 2.75) is 0 Å². The molecule has 0 heterocycles. The van der Waals surface area contributed by atoms with Gasteiger partial charge in [-0.25, -0.2) is 9.44 Å². The lowest BCUT2D eigenvalue weighted by atomic mass is 10.7. The van der Waals surface area contributed by atoms with Crippen molar-refractivity contribution in [3.05, 3.63) is 0 Å². The van der Waals surface area contributed by atoms with Crippen LogP contribution in [-0.4, -0.2) is 40.5 Å². The zero-order valence-electron chi connectivity index (χ0n) is 7.05. The van der Waals surface area contributed by atoms with Crippen LogP contribution in [0.3, 0.4) is 0 Å². The van der Waals surface area contributed by atoms with Crippen LogP contribution >= 0.6 is 12.1 Å². The van der Waals surface area contributed by atoms with E-state index in [1.54, 1.807) is 14.2 Å². The molecular formula is C6H16N2O2S. The van der Waals surface area contributed by atoms with Gasteiger partial charge in [-0.1, -0.05) is 0 Å². The Balaban J connectivity index is 2.69. The Kier molecular flexibility index (Phi) is 10.4. The largest absolute Gasteiger partial charge is 0.383 e. The third-order valence-corrected chi connectivity index (χ3v) is 1.66. The lowest BCUT2D eigenvalue weighted by Crippen LogP contribution is -2.20. The molecule has 0 atom stereocenters. The zero-order chi connectivity index (χ0) is 8.36. The Bertz CT molecular complexity index is 67.6. The molecule has 0 unspecified atom stereocenters. The van der Waals surface area contributed by atoms with E-state index >= 15 is 0 Å². The summed E-state index contributed by atoms with van der Waals surface area (Å²) in [5.41, 5.74) is 0. The highest BCUT2D eigenvalue weighted by molar-refractivity contribution is 7.95. The molecule has 4 nitrogen and oxygen atoms in total. The normalized spacial score (nSPS) is 10.4. The van der Waals surface area contributed by atoms with Gasteiger partial charge in [-0.15, -0.1) is 0 Å². The van der Waals surface area contributed by atoms with E-state index in [1.807, 2.05) is 0 Å². The average molecular weight is 180 g/mol. The van der Waals surface area contributed by atoms with Crippen molar-refractivity contribution in [1.29, 1.82) is 0 Å². The van der Waals surface area contributed by atoms with Crippen LogP contribution in [0.1, 0.15) is 0 Å². The lowest BCUT2D eigenvalue weighted by Gasteiger charge is -2.03. The molecule has 2 N–H and O–H groups in total. The van der Waals surface area contributed by atoms with Crippen molar-refractivity contribution in [1.82, 2.24) is 9.44 Å². The molecule has 0 aromatic heterocycles. The van der Waals surface area contributed by atoms with Crippen molar-refractivity contribution in [3.63, 3.8) is 0 Å². The van der Waals surface area contributed by atoms with Gasteiger partial charge in [0.05, 0.1) is 13.2 Å². The van der Waals surface area contributed by atoms with Crippen LogP contribution in [0.4, 0.5) is 0 Å². The topological polar surface area (TPSA) is 42.5 Å².